The van der Waals surface area contributed by atoms with E-state index >= 15 is 0 Å². The molecule has 0 spiro atoms. The van der Waals surface area contributed by atoms with E-state index in [1.54, 1.807) is 6.20 Å². The third kappa shape index (κ3) is 4.12. The number of nitrogens with zero attached hydrogens (tertiary/aromatic N) is 5. The fourth-order valence-electron chi connectivity index (χ4n) is 4.68. The number of H-pyrrole nitrogens is 1. The van der Waals surface area contributed by atoms with E-state index in [4.69, 9.17) is 0 Å². The van der Waals surface area contributed by atoms with E-state index in [1.807, 2.05) is 42.7 Å². The first-order valence-corrected chi connectivity index (χ1v) is 11.9. The van der Waals surface area contributed by atoms with E-state index in [1.165, 1.54) is 24.8 Å². The van der Waals surface area contributed by atoms with E-state index in [9.17, 15) is 4.79 Å². The van der Waals surface area contributed by atoms with Crippen molar-refractivity contribution in [3.05, 3.63) is 66.2 Å². The number of carbonyl (C=O) groups excluding carboxylic acids is 1. The number of nitrogens with one attached hydrogen (secondary N) is 2. The lowest BCUT2D eigenvalue weighted by Gasteiger charge is -2.31. The highest BCUT2D eigenvalue weighted by atomic mass is 16.1. The maximum absolute atomic E-state index is 13.0. The number of aromatic amines is 1. The molecule has 6 rings (SSSR count). The minimum absolute atomic E-state index is 0.261. The first-order valence-electron chi connectivity index (χ1n) is 11.9. The van der Waals surface area contributed by atoms with Crippen LogP contribution < -0.4 is 10.2 Å². The molecule has 2 aliphatic heterocycles. The molecule has 2 aliphatic rings. The number of pyridine rings is 2. The van der Waals surface area contributed by atoms with Crippen molar-refractivity contribution in [2.45, 2.75) is 25.8 Å². The Balaban J connectivity index is 1.23. The Kier molecular flexibility index (Phi) is 5.43. The minimum atomic E-state index is -0.261. The number of hydrogen-bond acceptors (Lipinski definition) is 6. The van der Waals surface area contributed by atoms with Crippen LogP contribution in [0.5, 0.6) is 0 Å². The summed E-state index contributed by atoms with van der Waals surface area (Å²) in [6.45, 7) is 5.31. The molecule has 2 fully saturated rings. The average molecular weight is 454 g/mol. The summed E-state index contributed by atoms with van der Waals surface area (Å²) >= 11 is 0. The summed E-state index contributed by atoms with van der Waals surface area (Å²) in [5.74, 6) is 0.683. The summed E-state index contributed by atoms with van der Waals surface area (Å²) in [7, 11) is 0. The number of aromatic nitrogens is 4. The largest absolute Gasteiger partial charge is 0.356 e. The van der Waals surface area contributed by atoms with E-state index in [0.29, 0.717) is 11.4 Å². The monoisotopic (exact) mass is 453 g/mol. The molecule has 8 heteroatoms. The van der Waals surface area contributed by atoms with Crippen molar-refractivity contribution < 1.29 is 4.79 Å². The maximum Gasteiger partial charge on any atom is 0.276 e. The second-order valence-electron chi connectivity index (χ2n) is 9.10. The van der Waals surface area contributed by atoms with Gasteiger partial charge in [0, 0.05) is 43.0 Å². The molecular weight excluding hydrogens is 426 g/mol. The number of carbonyl (C=O) groups is 1. The van der Waals surface area contributed by atoms with Crippen LogP contribution in [0, 0.1) is 0 Å². The van der Waals surface area contributed by atoms with Crippen LogP contribution in [0.1, 0.15) is 35.3 Å². The minimum Gasteiger partial charge on any atom is -0.356 e. The molecule has 5 heterocycles. The van der Waals surface area contributed by atoms with Crippen LogP contribution in [0.25, 0.3) is 22.0 Å². The molecule has 1 aromatic carbocycles. The second kappa shape index (κ2) is 8.87. The molecule has 34 heavy (non-hydrogen) atoms. The standard InChI is InChI=1S/C26H27N7O/c34-26(29-21-5-7-24(28-16-21)33-10-3-11-33)25-22-13-19(4-6-23(22)30-31-25)20-12-18(14-27-15-20)17-32-8-1-2-9-32/h4-7,12-16H,1-3,8-11,17H2,(H,29,34)(H,30,31). The molecule has 2 N–H and O–H groups in total. The lowest BCUT2D eigenvalue weighted by atomic mass is 10.0. The van der Waals surface area contributed by atoms with Gasteiger partial charge < -0.3 is 10.2 Å². The number of hydrogen-bond donors (Lipinski definition) is 2. The van der Waals surface area contributed by atoms with Crippen molar-refractivity contribution in [2.24, 2.45) is 0 Å². The van der Waals surface area contributed by atoms with Crippen molar-refractivity contribution in [3.8, 4) is 11.1 Å². The second-order valence-corrected chi connectivity index (χ2v) is 9.10. The highest BCUT2D eigenvalue weighted by molar-refractivity contribution is 6.11. The molecule has 172 valence electrons. The number of anilines is 2. The zero-order chi connectivity index (χ0) is 22.9. The molecule has 0 unspecified atom stereocenters. The molecule has 0 radical (unpaired) electrons. The van der Waals surface area contributed by atoms with Gasteiger partial charge in [-0.25, -0.2) is 4.98 Å². The molecule has 0 saturated carbocycles. The fraction of sp³-hybridized carbons (Fsp3) is 0.308. The van der Waals surface area contributed by atoms with Crippen molar-refractivity contribution in [1.82, 2.24) is 25.1 Å². The first kappa shape index (κ1) is 20.8. The van der Waals surface area contributed by atoms with E-state index in [-0.39, 0.29) is 5.91 Å². The van der Waals surface area contributed by atoms with Crippen molar-refractivity contribution in [3.63, 3.8) is 0 Å². The van der Waals surface area contributed by atoms with E-state index in [0.717, 1.165) is 60.6 Å². The van der Waals surface area contributed by atoms with Gasteiger partial charge in [0.2, 0.25) is 0 Å². The quantitative estimate of drug-likeness (QED) is 0.457. The Morgan fingerprint density at radius 1 is 0.941 bits per heavy atom. The molecule has 0 aliphatic carbocycles. The Hall–Kier alpha value is -3.78. The molecule has 1 amide bonds. The molecule has 0 bridgehead atoms. The summed E-state index contributed by atoms with van der Waals surface area (Å²) in [5, 5.41) is 11.0. The molecular formula is C26H27N7O. The SMILES string of the molecule is O=C(Nc1ccc(N2CCC2)nc1)c1n[nH]c2ccc(-c3cncc(CN4CCCC4)c3)cc12. The lowest BCUT2D eigenvalue weighted by molar-refractivity contribution is 0.102. The van der Waals surface area contributed by atoms with Gasteiger partial charge in [-0.05, 0) is 73.8 Å². The van der Waals surface area contributed by atoms with Crippen LogP contribution in [0.4, 0.5) is 11.5 Å². The van der Waals surface area contributed by atoms with Crippen molar-refractivity contribution in [2.75, 3.05) is 36.4 Å². The van der Waals surface area contributed by atoms with Gasteiger partial charge in [0.15, 0.2) is 5.69 Å². The number of likely N-dealkylation sites (tertiary alicyclic amines) is 1. The van der Waals surface area contributed by atoms with Crippen LogP contribution in [0.3, 0.4) is 0 Å². The van der Waals surface area contributed by atoms with Gasteiger partial charge >= 0.3 is 0 Å². The van der Waals surface area contributed by atoms with Gasteiger partial charge in [-0.3, -0.25) is 19.8 Å². The molecule has 3 aromatic heterocycles. The Morgan fingerprint density at radius 2 is 1.82 bits per heavy atom. The predicted molar refractivity (Wildman–Crippen MR) is 133 cm³/mol. The zero-order valence-electron chi connectivity index (χ0n) is 19.0. The Morgan fingerprint density at radius 3 is 2.59 bits per heavy atom. The van der Waals surface area contributed by atoms with Gasteiger partial charge in [-0.2, -0.15) is 5.10 Å². The highest BCUT2D eigenvalue weighted by Crippen LogP contribution is 2.27. The highest BCUT2D eigenvalue weighted by Gasteiger charge is 2.18. The molecule has 8 nitrogen and oxygen atoms in total. The van der Waals surface area contributed by atoms with Gasteiger partial charge in [-0.1, -0.05) is 6.07 Å². The Labute approximate surface area is 198 Å². The van der Waals surface area contributed by atoms with Crippen LogP contribution in [-0.2, 0) is 6.54 Å². The summed E-state index contributed by atoms with van der Waals surface area (Å²) in [6.07, 6.45) is 9.26. The van der Waals surface area contributed by atoms with Gasteiger partial charge in [0.25, 0.3) is 5.91 Å². The van der Waals surface area contributed by atoms with Crippen molar-refractivity contribution in [1.29, 1.82) is 0 Å². The first-order chi connectivity index (χ1) is 16.7. The molecule has 2 saturated heterocycles. The summed E-state index contributed by atoms with van der Waals surface area (Å²) in [5.41, 5.74) is 5.10. The predicted octanol–water partition coefficient (Wildman–Crippen LogP) is 4.08. The van der Waals surface area contributed by atoms with Crippen molar-refractivity contribution >= 4 is 28.3 Å². The average Bonchev–Trinajstić information content (AvgIpc) is 3.49. The topological polar surface area (TPSA) is 90.0 Å². The molecule has 4 aromatic rings. The maximum atomic E-state index is 13.0. The van der Waals surface area contributed by atoms with Crippen LogP contribution >= 0.6 is 0 Å². The Bertz CT molecular complexity index is 1320. The third-order valence-corrected chi connectivity index (χ3v) is 6.70. The van der Waals surface area contributed by atoms with Gasteiger partial charge in [0.1, 0.15) is 5.82 Å². The number of fused-ring (bicyclic) bond motifs is 1. The summed E-state index contributed by atoms with van der Waals surface area (Å²) in [6, 6.07) is 12.0. The van der Waals surface area contributed by atoms with Gasteiger partial charge in [-0.15, -0.1) is 0 Å². The number of amides is 1. The van der Waals surface area contributed by atoms with Gasteiger partial charge in [0.05, 0.1) is 17.4 Å². The van der Waals surface area contributed by atoms with Crippen LogP contribution in [0.15, 0.2) is 55.0 Å². The number of rotatable bonds is 6. The zero-order valence-corrected chi connectivity index (χ0v) is 19.0. The van der Waals surface area contributed by atoms with E-state index < -0.39 is 0 Å². The molecule has 0 atom stereocenters. The fourth-order valence-corrected chi connectivity index (χ4v) is 4.68. The smallest absolute Gasteiger partial charge is 0.276 e. The lowest BCUT2D eigenvalue weighted by Crippen LogP contribution is -2.37. The summed E-state index contributed by atoms with van der Waals surface area (Å²) in [4.78, 5) is 26.6. The normalized spacial score (nSPS) is 16.1. The third-order valence-electron chi connectivity index (χ3n) is 6.70. The van der Waals surface area contributed by atoms with Crippen LogP contribution in [-0.4, -0.2) is 57.2 Å². The number of benzene rings is 1. The summed E-state index contributed by atoms with van der Waals surface area (Å²) < 4.78 is 0. The van der Waals surface area contributed by atoms with E-state index in [2.05, 4.69) is 41.3 Å². The van der Waals surface area contributed by atoms with Crippen LogP contribution in [0.2, 0.25) is 0 Å².